The average molecular weight is 445 g/mol. The molecule has 0 aromatic carbocycles. The Bertz CT molecular complexity index is 506. The van der Waals surface area contributed by atoms with Crippen molar-refractivity contribution >= 4 is 0 Å². The molecule has 0 rings (SSSR count). The minimum absolute atomic E-state index is 0.00619. The van der Waals surface area contributed by atoms with Gasteiger partial charge in [0.2, 0.25) is 0 Å². The molecule has 0 aliphatic rings. The van der Waals surface area contributed by atoms with Crippen molar-refractivity contribution in [1.82, 2.24) is 0 Å². The number of hydrogen-bond acceptors (Lipinski definition) is 4. The molecule has 0 saturated carbocycles. The fraction of sp³-hybridized carbons (Fsp3) is 1.00. The molecule has 0 radical (unpaired) electrons. The Morgan fingerprint density at radius 1 is 0.774 bits per heavy atom. The summed E-state index contributed by atoms with van der Waals surface area (Å²) in [5, 5.41) is 10.0. The van der Waals surface area contributed by atoms with Crippen LogP contribution in [0.1, 0.15) is 122 Å². The summed E-state index contributed by atoms with van der Waals surface area (Å²) in [7, 11) is 0. The lowest BCUT2D eigenvalue weighted by molar-refractivity contribution is -0.179. The second-order valence-corrected chi connectivity index (χ2v) is 12.1. The van der Waals surface area contributed by atoms with Gasteiger partial charge in [-0.15, -0.1) is 0 Å². The first-order chi connectivity index (χ1) is 13.8. The summed E-state index contributed by atoms with van der Waals surface area (Å²) in [6, 6.07) is 0. The molecule has 0 saturated heterocycles. The summed E-state index contributed by atoms with van der Waals surface area (Å²) < 4.78 is 19.0. The van der Waals surface area contributed by atoms with Crippen molar-refractivity contribution in [3.05, 3.63) is 0 Å². The van der Waals surface area contributed by atoms with Crippen LogP contribution in [-0.2, 0) is 14.2 Å². The molecule has 0 aromatic rings. The predicted octanol–water partition coefficient (Wildman–Crippen LogP) is 7.16. The fourth-order valence-corrected chi connectivity index (χ4v) is 4.20. The average Bonchev–Trinajstić information content (AvgIpc) is 2.59. The van der Waals surface area contributed by atoms with E-state index in [4.69, 9.17) is 14.2 Å². The van der Waals surface area contributed by atoms with Crippen LogP contribution >= 0.6 is 0 Å². The van der Waals surface area contributed by atoms with Crippen molar-refractivity contribution in [2.45, 2.75) is 151 Å². The highest BCUT2D eigenvalue weighted by molar-refractivity contribution is 4.95. The number of ether oxygens (including phenoxy) is 3. The molecular weight excluding hydrogens is 388 g/mol. The monoisotopic (exact) mass is 444 g/mol. The third-order valence-electron chi connectivity index (χ3n) is 7.89. The van der Waals surface area contributed by atoms with E-state index in [1.807, 2.05) is 13.8 Å². The summed E-state index contributed by atoms with van der Waals surface area (Å²) in [6.07, 6.45) is 4.85. The highest BCUT2D eigenvalue weighted by Gasteiger charge is 2.45. The lowest BCUT2D eigenvalue weighted by Gasteiger charge is -2.49. The van der Waals surface area contributed by atoms with Gasteiger partial charge in [-0.2, -0.15) is 0 Å². The van der Waals surface area contributed by atoms with Crippen LogP contribution in [0.3, 0.4) is 0 Å². The number of rotatable bonds is 16. The molecular formula is C27H56O4. The summed E-state index contributed by atoms with van der Waals surface area (Å²) in [6.45, 7) is 29.3. The van der Waals surface area contributed by atoms with Crippen molar-refractivity contribution in [3.8, 4) is 0 Å². The van der Waals surface area contributed by atoms with Crippen molar-refractivity contribution in [2.24, 2.45) is 10.8 Å². The first kappa shape index (κ1) is 30.8. The topological polar surface area (TPSA) is 47.9 Å². The molecule has 4 nitrogen and oxygen atoms in total. The van der Waals surface area contributed by atoms with E-state index in [2.05, 4.69) is 76.2 Å². The smallest absolute Gasteiger partial charge is 0.0707 e. The highest BCUT2D eigenvalue weighted by atomic mass is 16.5. The maximum Gasteiger partial charge on any atom is 0.0707 e. The second-order valence-electron chi connectivity index (χ2n) is 12.1. The summed E-state index contributed by atoms with van der Waals surface area (Å²) in [5.41, 5.74) is -1.28. The molecule has 4 heteroatoms. The van der Waals surface area contributed by atoms with E-state index in [1.54, 1.807) is 0 Å². The third kappa shape index (κ3) is 9.70. The van der Waals surface area contributed by atoms with Gasteiger partial charge < -0.3 is 19.3 Å². The molecule has 0 aromatic heterocycles. The molecule has 3 atom stereocenters. The molecule has 0 fully saturated rings. The van der Waals surface area contributed by atoms with Gasteiger partial charge in [0.15, 0.2) is 0 Å². The van der Waals surface area contributed by atoms with Gasteiger partial charge in [0.25, 0.3) is 0 Å². The van der Waals surface area contributed by atoms with Crippen LogP contribution in [0.5, 0.6) is 0 Å². The lowest BCUT2D eigenvalue weighted by atomic mass is 9.69. The van der Waals surface area contributed by atoms with Gasteiger partial charge in [0, 0.05) is 6.61 Å². The Morgan fingerprint density at radius 3 is 1.74 bits per heavy atom. The molecule has 188 valence electrons. The van der Waals surface area contributed by atoms with E-state index in [1.165, 1.54) is 0 Å². The van der Waals surface area contributed by atoms with Crippen LogP contribution in [0.2, 0.25) is 0 Å². The van der Waals surface area contributed by atoms with Crippen LogP contribution < -0.4 is 0 Å². The van der Waals surface area contributed by atoms with Gasteiger partial charge in [-0.3, -0.25) is 0 Å². The number of aliphatic hydroxyl groups is 1. The number of hydrogen-bond donors (Lipinski definition) is 1. The molecule has 3 unspecified atom stereocenters. The highest BCUT2D eigenvalue weighted by Crippen LogP contribution is 2.45. The van der Waals surface area contributed by atoms with E-state index >= 15 is 0 Å². The SMILES string of the molecule is CCC(C)(CC(C)OC(C)(CC)C(C)(C)CCOC(C)C)C(C)(C)OCCC(C)(C)O. The fourth-order valence-electron chi connectivity index (χ4n) is 4.20. The zero-order valence-corrected chi connectivity index (χ0v) is 23.3. The zero-order chi connectivity index (χ0) is 24.7. The molecule has 0 spiro atoms. The Labute approximate surface area is 194 Å². The summed E-state index contributed by atoms with van der Waals surface area (Å²) in [5.74, 6) is 0. The van der Waals surface area contributed by atoms with Crippen LogP contribution in [0.4, 0.5) is 0 Å². The van der Waals surface area contributed by atoms with Crippen LogP contribution in [0, 0.1) is 10.8 Å². The van der Waals surface area contributed by atoms with Gasteiger partial charge >= 0.3 is 0 Å². The van der Waals surface area contributed by atoms with Crippen molar-refractivity contribution in [1.29, 1.82) is 0 Å². The van der Waals surface area contributed by atoms with Crippen molar-refractivity contribution < 1.29 is 19.3 Å². The van der Waals surface area contributed by atoms with Crippen LogP contribution in [0.15, 0.2) is 0 Å². The minimum atomic E-state index is -0.705. The Hall–Kier alpha value is -0.160. The lowest BCUT2D eigenvalue weighted by Crippen LogP contribution is -2.50. The van der Waals surface area contributed by atoms with Gasteiger partial charge in [0.05, 0.1) is 35.6 Å². The first-order valence-electron chi connectivity index (χ1n) is 12.5. The van der Waals surface area contributed by atoms with Crippen molar-refractivity contribution in [3.63, 3.8) is 0 Å². The van der Waals surface area contributed by atoms with Gasteiger partial charge in [0.1, 0.15) is 0 Å². The van der Waals surface area contributed by atoms with E-state index < -0.39 is 5.60 Å². The van der Waals surface area contributed by atoms with Crippen molar-refractivity contribution in [2.75, 3.05) is 13.2 Å². The molecule has 0 bridgehead atoms. The molecule has 31 heavy (non-hydrogen) atoms. The molecule has 0 heterocycles. The maximum atomic E-state index is 10.0. The molecule has 0 aliphatic carbocycles. The summed E-state index contributed by atoms with van der Waals surface area (Å²) >= 11 is 0. The normalized spacial score (nSPS) is 18.7. The Balaban J connectivity index is 5.24. The standard InChI is InChI=1S/C27H56O4/c1-14-26(12,25(10,11)30-19-17-24(8,9)28)20-22(5)31-27(13,15-2)23(6,7)16-18-29-21(3)4/h21-22,28H,14-20H2,1-13H3. The summed E-state index contributed by atoms with van der Waals surface area (Å²) in [4.78, 5) is 0. The zero-order valence-electron chi connectivity index (χ0n) is 23.3. The minimum Gasteiger partial charge on any atom is -0.390 e. The maximum absolute atomic E-state index is 10.0. The van der Waals surface area contributed by atoms with E-state index in [-0.39, 0.29) is 34.2 Å². The molecule has 0 aliphatic heterocycles. The van der Waals surface area contributed by atoms with Gasteiger partial charge in [-0.25, -0.2) is 0 Å². The second kappa shape index (κ2) is 11.8. The van der Waals surface area contributed by atoms with Gasteiger partial charge in [-0.05, 0) is 98.3 Å². The van der Waals surface area contributed by atoms with E-state index in [0.29, 0.717) is 13.0 Å². The predicted molar refractivity (Wildman–Crippen MR) is 133 cm³/mol. The van der Waals surface area contributed by atoms with E-state index in [9.17, 15) is 5.11 Å². The molecule has 0 amide bonds. The van der Waals surface area contributed by atoms with E-state index in [0.717, 1.165) is 32.3 Å². The first-order valence-corrected chi connectivity index (χ1v) is 12.5. The largest absolute Gasteiger partial charge is 0.390 e. The molecule has 1 N–H and O–H groups in total. The van der Waals surface area contributed by atoms with Gasteiger partial charge in [-0.1, -0.05) is 34.6 Å². The quantitative estimate of drug-likeness (QED) is 0.274. The Morgan fingerprint density at radius 2 is 1.32 bits per heavy atom. The van der Waals surface area contributed by atoms with Crippen LogP contribution in [0.25, 0.3) is 0 Å². The van der Waals surface area contributed by atoms with Crippen LogP contribution in [-0.4, -0.2) is 47.3 Å². The third-order valence-corrected chi connectivity index (χ3v) is 7.89. The Kier molecular flexibility index (Phi) is 11.8.